The van der Waals surface area contributed by atoms with Gasteiger partial charge in [-0.25, -0.2) is 9.59 Å². The van der Waals surface area contributed by atoms with Crippen LogP contribution in [0, 0.1) is 0 Å². The van der Waals surface area contributed by atoms with Gasteiger partial charge in [0.15, 0.2) is 0 Å². The third-order valence-electron chi connectivity index (χ3n) is 4.75. The van der Waals surface area contributed by atoms with E-state index in [1.807, 2.05) is 0 Å². The molecule has 1 aliphatic heterocycles. The lowest BCUT2D eigenvalue weighted by Crippen LogP contribution is -2.38. The summed E-state index contributed by atoms with van der Waals surface area (Å²) in [5.41, 5.74) is 0.378. The van der Waals surface area contributed by atoms with Gasteiger partial charge in [-0.1, -0.05) is 0 Å². The summed E-state index contributed by atoms with van der Waals surface area (Å²) in [5, 5.41) is 36.4. The number of nitrogens with one attached hydrogen (secondary N) is 3. The van der Waals surface area contributed by atoms with Crippen molar-refractivity contribution in [1.29, 1.82) is 0 Å². The third kappa shape index (κ3) is 4.81. The van der Waals surface area contributed by atoms with Crippen molar-refractivity contribution in [2.75, 3.05) is 25.0 Å². The Morgan fingerprint density at radius 1 is 1.25 bits per heavy atom. The minimum Gasteiger partial charge on any atom is -0.507 e. The van der Waals surface area contributed by atoms with Gasteiger partial charge in [0.1, 0.15) is 16.5 Å². The number of benzene rings is 1. The smallest absolute Gasteiger partial charge is 0.394 e. The number of thiophene rings is 1. The molecular formula is C20H21N3O8S. The second-order valence-corrected chi connectivity index (χ2v) is 7.84. The SMILES string of the molecule is CCOc1ccc(C(=O)NCC2NCCc3c2sc(NC(=O)C(=O)O)c3C(=O)O)c(O)c1. The lowest BCUT2D eigenvalue weighted by atomic mass is 9.99. The molecule has 1 unspecified atom stereocenters. The topological polar surface area (TPSA) is 174 Å². The zero-order chi connectivity index (χ0) is 23.4. The van der Waals surface area contributed by atoms with Crippen LogP contribution in [0.25, 0.3) is 0 Å². The number of ether oxygens (including phenoxy) is 1. The molecule has 1 atom stereocenters. The zero-order valence-electron chi connectivity index (χ0n) is 16.9. The van der Waals surface area contributed by atoms with Gasteiger partial charge in [-0.2, -0.15) is 0 Å². The third-order valence-corrected chi connectivity index (χ3v) is 6.01. The first-order valence-corrected chi connectivity index (χ1v) is 10.4. The van der Waals surface area contributed by atoms with Gasteiger partial charge < -0.3 is 36.0 Å². The van der Waals surface area contributed by atoms with Gasteiger partial charge in [-0.15, -0.1) is 11.3 Å². The molecule has 0 fully saturated rings. The van der Waals surface area contributed by atoms with Crippen molar-refractivity contribution < 1.29 is 39.2 Å². The van der Waals surface area contributed by atoms with Gasteiger partial charge in [-0.05, 0) is 37.6 Å². The predicted molar refractivity (Wildman–Crippen MR) is 114 cm³/mol. The molecule has 0 saturated carbocycles. The summed E-state index contributed by atoms with van der Waals surface area (Å²) in [4.78, 5) is 47.3. The van der Waals surface area contributed by atoms with Crippen LogP contribution in [0.5, 0.6) is 11.5 Å². The molecule has 0 saturated heterocycles. The quantitative estimate of drug-likeness (QED) is 0.330. The molecule has 1 aliphatic rings. The lowest BCUT2D eigenvalue weighted by molar-refractivity contribution is -0.147. The average molecular weight is 463 g/mol. The van der Waals surface area contributed by atoms with Crippen LogP contribution in [0.3, 0.4) is 0 Å². The van der Waals surface area contributed by atoms with Gasteiger partial charge >= 0.3 is 17.8 Å². The maximum Gasteiger partial charge on any atom is 0.394 e. The van der Waals surface area contributed by atoms with E-state index < -0.39 is 29.8 Å². The second kappa shape index (κ2) is 9.66. The minimum atomic E-state index is -1.73. The first kappa shape index (κ1) is 23.0. The Morgan fingerprint density at radius 3 is 2.62 bits per heavy atom. The standard InChI is InChI=1S/C20H21N3O8S/c1-2-31-9-3-4-10(13(24)7-9)16(25)22-8-12-15-11(5-6-21-12)14(19(27)28)18(32-15)23-17(26)20(29)30/h3-4,7,12,21,24H,2,5-6,8H2,1H3,(H,22,25)(H,23,26)(H,27,28)(H,29,30). The molecule has 11 nitrogen and oxygen atoms in total. The average Bonchev–Trinajstić information content (AvgIpc) is 3.10. The van der Waals surface area contributed by atoms with Crippen LogP contribution in [0.15, 0.2) is 18.2 Å². The van der Waals surface area contributed by atoms with E-state index in [-0.39, 0.29) is 28.4 Å². The fourth-order valence-corrected chi connectivity index (χ4v) is 4.67. The lowest BCUT2D eigenvalue weighted by Gasteiger charge is -2.24. The Kier molecular flexibility index (Phi) is 6.95. The first-order valence-electron chi connectivity index (χ1n) is 9.63. The van der Waals surface area contributed by atoms with Crippen molar-refractivity contribution in [3.05, 3.63) is 39.8 Å². The van der Waals surface area contributed by atoms with Crippen molar-refractivity contribution in [3.8, 4) is 11.5 Å². The van der Waals surface area contributed by atoms with E-state index in [9.17, 15) is 29.4 Å². The zero-order valence-corrected chi connectivity index (χ0v) is 17.7. The van der Waals surface area contributed by atoms with E-state index in [1.54, 1.807) is 13.0 Å². The first-order chi connectivity index (χ1) is 15.2. The molecular weight excluding hydrogens is 442 g/mol. The summed E-state index contributed by atoms with van der Waals surface area (Å²) in [6.45, 7) is 2.70. The summed E-state index contributed by atoms with van der Waals surface area (Å²) in [6, 6.07) is 3.87. The van der Waals surface area contributed by atoms with Crippen molar-refractivity contribution in [2.45, 2.75) is 19.4 Å². The molecule has 0 radical (unpaired) electrons. The van der Waals surface area contributed by atoms with Gasteiger partial charge in [0.25, 0.3) is 5.91 Å². The van der Waals surface area contributed by atoms with Crippen LogP contribution >= 0.6 is 11.3 Å². The highest BCUT2D eigenvalue weighted by molar-refractivity contribution is 7.17. The maximum absolute atomic E-state index is 12.5. The van der Waals surface area contributed by atoms with Crippen molar-refractivity contribution in [1.82, 2.24) is 10.6 Å². The summed E-state index contributed by atoms with van der Waals surface area (Å²) in [7, 11) is 0. The monoisotopic (exact) mass is 463 g/mol. The van der Waals surface area contributed by atoms with E-state index in [4.69, 9.17) is 9.84 Å². The number of aromatic hydroxyl groups is 1. The van der Waals surface area contributed by atoms with Crippen LogP contribution < -0.4 is 20.7 Å². The van der Waals surface area contributed by atoms with Crippen LogP contribution in [0.1, 0.15) is 44.1 Å². The number of phenols is 1. The van der Waals surface area contributed by atoms with Crippen molar-refractivity contribution >= 4 is 40.1 Å². The number of carboxylic acids is 2. The number of fused-ring (bicyclic) bond motifs is 1. The molecule has 3 rings (SSSR count). The Bertz CT molecular complexity index is 1080. The van der Waals surface area contributed by atoms with Gasteiger partial charge in [-0.3, -0.25) is 9.59 Å². The molecule has 170 valence electrons. The summed E-state index contributed by atoms with van der Waals surface area (Å²) >= 11 is 0.946. The van der Waals surface area contributed by atoms with Crippen LogP contribution in [-0.2, 0) is 16.0 Å². The van der Waals surface area contributed by atoms with Gasteiger partial charge in [0, 0.05) is 17.5 Å². The molecule has 0 aliphatic carbocycles. The molecule has 32 heavy (non-hydrogen) atoms. The number of hydrogen-bond donors (Lipinski definition) is 6. The van der Waals surface area contributed by atoms with E-state index in [0.717, 1.165) is 11.3 Å². The highest BCUT2D eigenvalue weighted by Gasteiger charge is 2.32. The van der Waals surface area contributed by atoms with E-state index in [0.29, 0.717) is 35.8 Å². The number of phenolic OH excluding ortho intramolecular Hbond substituents is 1. The fraction of sp³-hybridized carbons (Fsp3) is 0.300. The second-order valence-electron chi connectivity index (χ2n) is 6.79. The van der Waals surface area contributed by atoms with Crippen molar-refractivity contribution in [2.24, 2.45) is 0 Å². The summed E-state index contributed by atoms with van der Waals surface area (Å²) < 4.78 is 5.28. The Hall–Kier alpha value is -3.64. The van der Waals surface area contributed by atoms with E-state index in [2.05, 4.69) is 16.0 Å². The van der Waals surface area contributed by atoms with Crippen LogP contribution in [0.4, 0.5) is 5.00 Å². The van der Waals surface area contributed by atoms with Crippen LogP contribution in [0.2, 0.25) is 0 Å². The van der Waals surface area contributed by atoms with Gasteiger partial charge in [0.05, 0.1) is 23.8 Å². The number of aromatic carboxylic acids is 1. The van der Waals surface area contributed by atoms with E-state index in [1.165, 1.54) is 12.1 Å². The Morgan fingerprint density at radius 2 is 2.00 bits per heavy atom. The van der Waals surface area contributed by atoms with E-state index >= 15 is 0 Å². The van der Waals surface area contributed by atoms with Crippen molar-refractivity contribution in [3.63, 3.8) is 0 Å². The highest BCUT2D eigenvalue weighted by Crippen LogP contribution is 2.39. The Balaban J connectivity index is 1.79. The molecule has 2 aromatic rings. The molecule has 6 N–H and O–H groups in total. The molecule has 0 spiro atoms. The molecule has 1 aromatic heterocycles. The number of rotatable bonds is 7. The fourth-order valence-electron chi connectivity index (χ4n) is 3.36. The summed E-state index contributed by atoms with van der Waals surface area (Å²) in [5.74, 6) is -4.70. The number of aliphatic carboxylic acids is 1. The summed E-state index contributed by atoms with van der Waals surface area (Å²) in [6.07, 6.45) is 0.362. The number of carbonyl (C=O) groups excluding carboxylic acids is 2. The number of anilines is 1. The van der Waals surface area contributed by atoms with Gasteiger partial charge in [0.2, 0.25) is 0 Å². The number of carbonyl (C=O) groups is 4. The largest absolute Gasteiger partial charge is 0.507 e. The van der Waals surface area contributed by atoms with Crippen LogP contribution in [-0.4, -0.2) is 58.8 Å². The highest BCUT2D eigenvalue weighted by atomic mass is 32.1. The maximum atomic E-state index is 12.5. The molecule has 1 aromatic carbocycles. The number of amides is 2. The predicted octanol–water partition coefficient (Wildman–Crippen LogP) is 1.19. The minimum absolute atomic E-state index is 0.0521. The Labute approximate surface area is 186 Å². The molecule has 12 heteroatoms. The molecule has 2 heterocycles. The normalized spacial score (nSPS) is 14.8. The molecule has 2 amide bonds. The number of hydrogen-bond acceptors (Lipinski definition) is 8. The number of carboxylic acid groups (broad SMARTS) is 2. The molecule has 0 bridgehead atoms.